The first-order valence-corrected chi connectivity index (χ1v) is 14.1. The Bertz CT molecular complexity index is 1340. The molecule has 3 aromatic carbocycles. The van der Waals surface area contributed by atoms with E-state index in [-0.39, 0.29) is 18.5 Å². The average Bonchev–Trinajstić information content (AvgIpc) is 3.40. The van der Waals surface area contributed by atoms with Crippen molar-refractivity contribution in [1.29, 1.82) is 0 Å². The maximum Gasteiger partial charge on any atom is 0.255 e. The molecule has 2 fully saturated rings. The Morgan fingerprint density at radius 2 is 1.56 bits per heavy atom. The van der Waals surface area contributed by atoms with Crippen LogP contribution in [-0.4, -0.2) is 54.5 Å². The molecule has 2 aliphatic rings. The molecule has 2 heterocycles. The molecule has 0 unspecified atom stereocenters. The second kappa shape index (κ2) is 11.5. The summed E-state index contributed by atoms with van der Waals surface area (Å²) in [6.07, 6.45) is 1.92. The van der Waals surface area contributed by atoms with Crippen LogP contribution in [0.1, 0.15) is 40.7 Å². The van der Waals surface area contributed by atoms with Gasteiger partial charge in [-0.05, 0) is 79.9 Å². The maximum absolute atomic E-state index is 13.3. The number of primary amides is 1. The molecule has 204 valence electrons. The normalized spacial score (nSPS) is 21.2. The van der Waals surface area contributed by atoms with Crippen molar-refractivity contribution in [3.05, 3.63) is 105 Å². The Morgan fingerprint density at radius 3 is 2.21 bits per heavy atom. The number of nitrogens with two attached hydrogens (primary N) is 1. The lowest BCUT2D eigenvalue weighted by Gasteiger charge is -2.41. The maximum atomic E-state index is 13.3. The Kier molecular flexibility index (Phi) is 8.22. The van der Waals surface area contributed by atoms with Crippen molar-refractivity contribution in [1.82, 2.24) is 9.80 Å². The van der Waals surface area contributed by atoms with Gasteiger partial charge in [-0.2, -0.15) is 0 Å². The highest BCUT2D eigenvalue weighted by molar-refractivity contribution is 6.42. The van der Waals surface area contributed by atoms with Crippen molar-refractivity contribution < 1.29 is 14.3 Å². The van der Waals surface area contributed by atoms with Gasteiger partial charge in [-0.3, -0.25) is 9.59 Å². The van der Waals surface area contributed by atoms with Crippen molar-refractivity contribution in [2.24, 2.45) is 5.73 Å². The molecular formula is C30H30Cl3N3O3. The highest BCUT2D eigenvalue weighted by Gasteiger charge is 2.45. The predicted molar refractivity (Wildman–Crippen MR) is 154 cm³/mol. The molecule has 39 heavy (non-hydrogen) atoms. The minimum Gasteiger partial charge on any atom is -0.369 e. The highest BCUT2D eigenvalue weighted by Crippen LogP contribution is 2.40. The average molecular weight is 587 g/mol. The monoisotopic (exact) mass is 585 g/mol. The van der Waals surface area contributed by atoms with Crippen molar-refractivity contribution >= 4 is 46.6 Å². The first kappa shape index (κ1) is 27.9. The number of likely N-dealkylation sites (tertiary alicyclic amines) is 1. The van der Waals surface area contributed by atoms with Crippen LogP contribution in [0, 0.1) is 0 Å². The van der Waals surface area contributed by atoms with Crippen LogP contribution in [0.4, 0.5) is 0 Å². The smallest absolute Gasteiger partial charge is 0.255 e. The standard InChI is InChI=1S/C30H30Cl3N3O3/c31-24-9-6-21(7-10-24)27(37)36-19-30(39-20-36,23-8-11-25(32)26(33)18-23)14-17-35-15-12-29(13-16-35,28(34)38)22-4-2-1-3-5-22/h1-11,18H,12-17,19-20H2,(H2,34,38)/t30-/m0/s1. The molecular weight excluding hydrogens is 557 g/mol. The van der Waals surface area contributed by atoms with Crippen molar-refractivity contribution in [2.45, 2.75) is 30.3 Å². The zero-order chi connectivity index (χ0) is 27.6. The third-order valence-corrected chi connectivity index (χ3v) is 9.10. The number of carbonyl (C=O) groups excluding carboxylic acids is 2. The van der Waals surface area contributed by atoms with Gasteiger partial charge in [0.05, 0.1) is 22.0 Å². The Balaban J connectivity index is 1.33. The van der Waals surface area contributed by atoms with E-state index >= 15 is 0 Å². The summed E-state index contributed by atoms with van der Waals surface area (Å²) in [5.74, 6) is -0.406. The summed E-state index contributed by atoms with van der Waals surface area (Å²) in [5.41, 5.74) is 6.91. The lowest BCUT2D eigenvalue weighted by Crippen LogP contribution is -2.50. The zero-order valence-electron chi connectivity index (χ0n) is 21.4. The molecule has 3 aromatic rings. The van der Waals surface area contributed by atoms with E-state index in [1.807, 2.05) is 42.5 Å². The van der Waals surface area contributed by atoms with Crippen LogP contribution < -0.4 is 5.73 Å². The van der Waals surface area contributed by atoms with Gasteiger partial charge < -0.3 is 20.3 Å². The molecule has 6 nitrogen and oxygen atoms in total. The Morgan fingerprint density at radius 1 is 0.872 bits per heavy atom. The minimum atomic E-state index is -0.756. The van der Waals surface area contributed by atoms with Gasteiger partial charge in [0, 0.05) is 17.1 Å². The predicted octanol–water partition coefficient (Wildman–Crippen LogP) is 5.88. The van der Waals surface area contributed by atoms with E-state index in [9.17, 15) is 9.59 Å². The van der Waals surface area contributed by atoms with Gasteiger partial charge in [0.25, 0.3) is 5.91 Å². The lowest BCUT2D eigenvalue weighted by molar-refractivity contribution is -0.125. The second-order valence-electron chi connectivity index (χ2n) is 10.3. The van der Waals surface area contributed by atoms with Gasteiger partial charge in [0.1, 0.15) is 12.3 Å². The Labute approximate surface area is 243 Å². The van der Waals surface area contributed by atoms with Gasteiger partial charge in [0.15, 0.2) is 0 Å². The van der Waals surface area contributed by atoms with Crippen LogP contribution in [0.15, 0.2) is 72.8 Å². The van der Waals surface area contributed by atoms with E-state index in [0.29, 0.717) is 53.0 Å². The summed E-state index contributed by atoms with van der Waals surface area (Å²) in [6.45, 7) is 2.69. The van der Waals surface area contributed by atoms with E-state index in [2.05, 4.69) is 4.90 Å². The van der Waals surface area contributed by atoms with Crippen LogP contribution in [0.5, 0.6) is 0 Å². The van der Waals surface area contributed by atoms with Gasteiger partial charge >= 0.3 is 0 Å². The van der Waals surface area contributed by atoms with E-state index in [1.165, 1.54) is 0 Å². The van der Waals surface area contributed by atoms with E-state index in [1.54, 1.807) is 35.2 Å². The van der Waals surface area contributed by atoms with E-state index in [4.69, 9.17) is 45.3 Å². The Hall–Kier alpha value is -2.61. The van der Waals surface area contributed by atoms with Crippen LogP contribution in [0.25, 0.3) is 0 Å². The fourth-order valence-electron chi connectivity index (χ4n) is 5.69. The summed E-state index contributed by atoms with van der Waals surface area (Å²) in [5, 5.41) is 1.47. The van der Waals surface area contributed by atoms with Crippen molar-refractivity contribution in [3.63, 3.8) is 0 Å². The number of nitrogens with zero attached hydrogens (tertiary/aromatic N) is 2. The molecule has 0 aliphatic carbocycles. The SMILES string of the molecule is NC(=O)C1(c2ccccc2)CCN(CC[C@@]2(c3ccc(Cl)c(Cl)c3)CN(C(=O)c3ccc(Cl)cc3)CO2)CC1. The number of benzene rings is 3. The molecule has 1 atom stereocenters. The van der Waals surface area contributed by atoms with Crippen molar-refractivity contribution in [3.8, 4) is 0 Å². The molecule has 0 aromatic heterocycles. The van der Waals surface area contributed by atoms with Gasteiger partial charge in [-0.25, -0.2) is 0 Å². The van der Waals surface area contributed by atoms with Crippen molar-refractivity contribution in [2.75, 3.05) is 32.9 Å². The summed E-state index contributed by atoms with van der Waals surface area (Å²) in [6, 6.07) is 22.1. The minimum absolute atomic E-state index is 0.124. The number of piperidine rings is 1. The zero-order valence-corrected chi connectivity index (χ0v) is 23.7. The molecule has 0 bridgehead atoms. The third-order valence-electron chi connectivity index (χ3n) is 8.11. The number of hydrogen-bond donors (Lipinski definition) is 1. The van der Waals surface area contributed by atoms with Crippen LogP contribution in [0.3, 0.4) is 0 Å². The molecule has 2 amide bonds. The lowest BCUT2D eigenvalue weighted by atomic mass is 9.72. The topological polar surface area (TPSA) is 75.9 Å². The largest absolute Gasteiger partial charge is 0.369 e. The fraction of sp³-hybridized carbons (Fsp3) is 0.333. The van der Waals surface area contributed by atoms with Crippen LogP contribution in [-0.2, 0) is 20.5 Å². The second-order valence-corrected chi connectivity index (χ2v) is 11.6. The third kappa shape index (κ3) is 5.67. The molecule has 2 saturated heterocycles. The first-order chi connectivity index (χ1) is 18.7. The highest BCUT2D eigenvalue weighted by atomic mass is 35.5. The summed E-state index contributed by atoms with van der Waals surface area (Å²) >= 11 is 18.6. The van der Waals surface area contributed by atoms with Gasteiger partial charge in [0.2, 0.25) is 5.91 Å². The van der Waals surface area contributed by atoms with E-state index in [0.717, 1.165) is 24.2 Å². The molecule has 0 radical (unpaired) electrons. The fourth-order valence-corrected chi connectivity index (χ4v) is 6.11. The first-order valence-electron chi connectivity index (χ1n) is 12.9. The summed E-state index contributed by atoms with van der Waals surface area (Å²) in [4.78, 5) is 29.9. The van der Waals surface area contributed by atoms with Gasteiger partial charge in [-0.15, -0.1) is 0 Å². The molecule has 2 aliphatic heterocycles. The molecule has 5 rings (SSSR count). The number of halogens is 3. The van der Waals surface area contributed by atoms with E-state index < -0.39 is 11.0 Å². The number of carbonyl (C=O) groups is 2. The summed E-state index contributed by atoms with van der Waals surface area (Å²) < 4.78 is 6.42. The van der Waals surface area contributed by atoms with Crippen LogP contribution in [0.2, 0.25) is 15.1 Å². The number of amides is 2. The molecule has 2 N–H and O–H groups in total. The quantitative estimate of drug-likeness (QED) is 0.375. The number of hydrogen-bond acceptors (Lipinski definition) is 4. The van der Waals surface area contributed by atoms with Gasteiger partial charge in [-0.1, -0.05) is 71.2 Å². The molecule has 9 heteroatoms. The number of ether oxygens (including phenoxy) is 1. The molecule has 0 saturated carbocycles. The molecule has 0 spiro atoms. The summed E-state index contributed by atoms with van der Waals surface area (Å²) in [7, 11) is 0. The number of rotatable bonds is 7. The van der Waals surface area contributed by atoms with Crippen LogP contribution >= 0.6 is 34.8 Å².